The molecule has 0 aliphatic rings. The number of phenols is 1. The van der Waals surface area contributed by atoms with Gasteiger partial charge in [-0.25, -0.2) is 0 Å². The molecule has 0 saturated carbocycles. The van der Waals surface area contributed by atoms with Crippen LogP contribution in [0.5, 0.6) is 11.5 Å². The van der Waals surface area contributed by atoms with Crippen molar-refractivity contribution in [1.82, 2.24) is 0 Å². The fourth-order valence-corrected chi connectivity index (χ4v) is 2.50. The van der Waals surface area contributed by atoms with Crippen molar-refractivity contribution in [2.24, 2.45) is 10.2 Å². The molecule has 0 radical (unpaired) electrons. The van der Waals surface area contributed by atoms with Crippen molar-refractivity contribution in [3.8, 4) is 11.5 Å². The highest BCUT2D eigenvalue weighted by Crippen LogP contribution is 2.25. The third-order valence-corrected chi connectivity index (χ3v) is 3.87. The molecule has 5 nitrogen and oxygen atoms in total. The van der Waals surface area contributed by atoms with Gasteiger partial charge in [0.25, 0.3) is 0 Å². The number of ether oxygens (including phenoxy) is 1. The predicted octanol–water partition coefficient (Wildman–Crippen LogP) is 4.11. The minimum Gasteiger partial charge on any atom is -0.504 e. The Morgan fingerprint density at radius 2 is 1.56 bits per heavy atom. The van der Waals surface area contributed by atoms with Gasteiger partial charge in [0.2, 0.25) is 5.78 Å². The summed E-state index contributed by atoms with van der Waals surface area (Å²) < 4.78 is 5.01. The number of benzene rings is 3. The van der Waals surface area contributed by atoms with Crippen LogP contribution in [0.4, 0.5) is 0 Å². The Hall–Kier alpha value is -3.73. The largest absolute Gasteiger partial charge is 0.504 e. The first kappa shape index (κ1) is 18.1. The average Bonchev–Trinajstić information content (AvgIpc) is 2.72. The molecule has 0 bridgehead atoms. The highest BCUT2D eigenvalue weighted by Gasteiger charge is 2.16. The number of Topliss-reactive ketones (excluding diaryl/α,β-unsaturated/α-hetero) is 1. The van der Waals surface area contributed by atoms with E-state index in [1.165, 1.54) is 19.4 Å². The summed E-state index contributed by atoms with van der Waals surface area (Å²) in [5.41, 5.74) is 2.10. The molecule has 0 aromatic heterocycles. The van der Waals surface area contributed by atoms with Crippen molar-refractivity contribution in [2.75, 3.05) is 7.11 Å². The Kier molecular flexibility index (Phi) is 5.74. The second-order valence-electron chi connectivity index (χ2n) is 5.69. The maximum atomic E-state index is 12.9. The minimum atomic E-state index is -0.212. The summed E-state index contributed by atoms with van der Waals surface area (Å²) in [6.07, 6.45) is 1.47. The van der Waals surface area contributed by atoms with Gasteiger partial charge >= 0.3 is 0 Å². The molecular formula is C22H18N2O3. The van der Waals surface area contributed by atoms with Crippen molar-refractivity contribution in [1.29, 1.82) is 0 Å². The Morgan fingerprint density at radius 1 is 0.926 bits per heavy atom. The summed E-state index contributed by atoms with van der Waals surface area (Å²) >= 11 is 0. The molecule has 0 aliphatic heterocycles. The van der Waals surface area contributed by atoms with E-state index < -0.39 is 0 Å². The number of ketones is 1. The maximum absolute atomic E-state index is 12.9. The van der Waals surface area contributed by atoms with Crippen LogP contribution in [0.3, 0.4) is 0 Å². The lowest BCUT2D eigenvalue weighted by molar-refractivity contribution is 0.106. The van der Waals surface area contributed by atoms with E-state index in [-0.39, 0.29) is 17.2 Å². The number of methoxy groups -OCH3 is 1. The molecule has 0 aliphatic carbocycles. The number of hydrogen-bond donors (Lipinski definition) is 1. The Bertz CT molecular complexity index is 981. The van der Waals surface area contributed by atoms with Crippen LogP contribution < -0.4 is 4.74 Å². The Balaban J connectivity index is 1.93. The van der Waals surface area contributed by atoms with Crippen LogP contribution in [0.25, 0.3) is 0 Å². The van der Waals surface area contributed by atoms with Crippen LogP contribution in [0.2, 0.25) is 0 Å². The fourth-order valence-electron chi connectivity index (χ4n) is 2.50. The number of phenolic OH excluding ortho intramolecular Hbond substituents is 1. The van der Waals surface area contributed by atoms with Crippen molar-refractivity contribution in [3.05, 3.63) is 95.6 Å². The quantitative estimate of drug-likeness (QED) is 0.409. The third kappa shape index (κ3) is 4.46. The molecule has 0 spiro atoms. The van der Waals surface area contributed by atoms with Crippen LogP contribution in [0, 0.1) is 0 Å². The van der Waals surface area contributed by atoms with Gasteiger partial charge in [0.15, 0.2) is 11.5 Å². The number of rotatable bonds is 6. The van der Waals surface area contributed by atoms with E-state index in [9.17, 15) is 9.90 Å². The van der Waals surface area contributed by atoms with Crippen LogP contribution in [-0.4, -0.2) is 29.9 Å². The monoisotopic (exact) mass is 358 g/mol. The molecule has 134 valence electrons. The zero-order chi connectivity index (χ0) is 19.1. The van der Waals surface area contributed by atoms with Crippen LogP contribution in [0.1, 0.15) is 21.5 Å². The fraction of sp³-hybridized carbons (Fsp3) is 0.0455. The lowest BCUT2D eigenvalue weighted by Crippen LogP contribution is -2.15. The van der Waals surface area contributed by atoms with Gasteiger partial charge < -0.3 is 9.84 Å². The molecule has 5 heteroatoms. The molecule has 3 aromatic carbocycles. The van der Waals surface area contributed by atoms with Gasteiger partial charge in [0.05, 0.1) is 13.3 Å². The van der Waals surface area contributed by atoms with E-state index >= 15 is 0 Å². The third-order valence-electron chi connectivity index (χ3n) is 3.87. The number of nitrogens with zero attached hydrogens (tertiary/aromatic N) is 2. The zero-order valence-electron chi connectivity index (χ0n) is 14.7. The summed E-state index contributed by atoms with van der Waals surface area (Å²) in [4.78, 5) is 12.9. The van der Waals surface area contributed by atoms with Crippen molar-refractivity contribution in [2.45, 2.75) is 0 Å². The summed E-state index contributed by atoms with van der Waals surface area (Å²) in [6, 6.07) is 23.0. The molecular weight excluding hydrogens is 340 g/mol. The van der Waals surface area contributed by atoms with Gasteiger partial charge in [0, 0.05) is 11.1 Å². The molecule has 3 rings (SSSR count). The normalized spacial score (nSPS) is 11.5. The van der Waals surface area contributed by atoms with Crippen LogP contribution in [-0.2, 0) is 0 Å². The van der Waals surface area contributed by atoms with Gasteiger partial charge in [-0.1, -0.05) is 60.7 Å². The lowest BCUT2D eigenvalue weighted by Gasteiger charge is -2.05. The maximum Gasteiger partial charge on any atom is 0.213 e. The summed E-state index contributed by atoms with van der Waals surface area (Å²) in [6.45, 7) is 0. The number of carbonyl (C=O) groups is 1. The highest BCUT2D eigenvalue weighted by molar-refractivity contribution is 6.51. The first-order valence-electron chi connectivity index (χ1n) is 8.32. The van der Waals surface area contributed by atoms with E-state index in [1.54, 1.807) is 36.4 Å². The van der Waals surface area contributed by atoms with Gasteiger partial charge in [-0.05, 0) is 23.8 Å². The van der Waals surface area contributed by atoms with Gasteiger partial charge in [-0.3, -0.25) is 4.79 Å². The molecule has 1 N–H and O–H groups in total. The standard InChI is InChI=1S/C22H18N2O3/c1-27-20-13-12-16(14-19(20)25)15-23-24-21(17-8-4-2-5-9-17)22(26)18-10-6-3-7-11-18/h2-15,25H,1H3/b23-15+,24-21+. The van der Waals surface area contributed by atoms with Crippen molar-refractivity contribution < 1.29 is 14.6 Å². The van der Waals surface area contributed by atoms with E-state index in [1.807, 2.05) is 36.4 Å². The average molecular weight is 358 g/mol. The smallest absolute Gasteiger partial charge is 0.213 e. The summed E-state index contributed by atoms with van der Waals surface area (Å²) in [5.74, 6) is 0.172. The lowest BCUT2D eigenvalue weighted by atomic mass is 10.0. The summed E-state index contributed by atoms with van der Waals surface area (Å²) in [7, 11) is 1.48. The van der Waals surface area contributed by atoms with E-state index in [2.05, 4.69) is 10.2 Å². The Morgan fingerprint density at radius 3 is 2.15 bits per heavy atom. The van der Waals surface area contributed by atoms with Crippen molar-refractivity contribution in [3.63, 3.8) is 0 Å². The van der Waals surface area contributed by atoms with Crippen LogP contribution in [0.15, 0.2) is 89.1 Å². The molecule has 0 unspecified atom stereocenters. The predicted molar refractivity (Wildman–Crippen MR) is 106 cm³/mol. The number of carbonyl (C=O) groups excluding carboxylic acids is 1. The summed E-state index contributed by atoms with van der Waals surface area (Å²) in [5, 5.41) is 18.1. The first-order valence-corrected chi connectivity index (χ1v) is 8.32. The second kappa shape index (κ2) is 8.58. The molecule has 3 aromatic rings. The molecule has 0 fully saturated rings. The minimum absolute atomic E-state index is 0.00840. The van der Waals surface area contributed by atoms with Gasteiger partial charge in [-0.2, -0.15) is 5.10 Å². The van der Waals surface area contributed by atoms with Crippen LogP contribution >= 0.6 is 0 Å². The van der Waals surface area contributed by atoms with Crippen molar-refractivity contribution >= 4 is 17.7 Å². The zero-order valence-corrected chi connectivity index (χ0v) is 14.7. The molecule has 0 saturated heterocycles. The van der Waals surface area contributed by atoms with E-state index in [4.69, 9.17) is 4.74 Å². The first-order chi connectivity index (χ1) is 13.2. The van der Waals surface area contributed by atoms with Gasteiger partial charge in [0.1, 0.15) is 5.71 Å². The second-order valence-corrected chi connectivity index (χ2v) is 5.69. The SMILES string of the molecule is COc1ccc(/C=N/N=C(/C(=O)c2ccccc2)c2ccccc2)cc1O. The Labute approximate surface area is 157 Å². The molecule has 0 amide bonds. The highest BCUT2D eigenvalue weighted by atomic mass is 16.5. The topological polar surface area (TPSA) is 71.2 Å². The molecule has 0 heterocycles. The van der Waals surface area contributed by atoms with Gasteiger partial charge in [-0.15, -0.1) is 5.10 Å². The number of aromatic hydroxyl groups is 1. The van der Waals surface area contributed by atoms with E-state index in [0.29, 0.717) is 22.4 Å². The number of hydrogen-bond acceptors (Lipinski definition) is 5. The van der Waals surface area contributed by atoms with E-state index in [0.717, 1.165) is 0 Å². The molecule has 27 heavy (non-hydrogen) atoms. The molecule has 0 atom stereocenters.